The molecule has 1 saturated heterocycles. The summed E-state index contributed by atoms with van der Waals surface area (Å²) in [7, 11) is 0. The van der Waals surface area contributed by atoms with E-state index in [1.807, 2.05) is 53.4 Å². The summed E-state index contributed by atoms with van der Waals surface area (Å²) in [4.78, 5) is 41.9. The van der Waals surface area contributed by atoms with Crippen LogP contribution in [0.2, 0.25) is 0 Å². The van der Waals surface area contributed by atoms with Gasteiger partial charge in [0.25, 0.3) is 0 Å². The van der Waals surface area contributed by atoms with E-state index in [0.29, 0.717) is 38.8 Å². The molecule has 2 heterocycles. The lowest BCUT2D eigenvalue weighted by Gasteiger charge is -2.38. The number of likely N-dealkylation sites (tertiary alicyclic amines) is 1. The highest BCUT2D eigenvalue weighted by Gasteiger charge is 2.37. The molecule has 180 valence electrons. The van der Waals surface area contributed by atoms with Crippen molar-refractivity contribution in [1.29, 1.82) is 0 Å². The lowest BCUT2D eigenvalue weighted by molar-refractivity contribution is -0.146. The second kappa shape index (κ2) is 11.7. The fraction of sp³-hybridized carbons (Fsp3) is 0.444. The van der Waals surface area contributed by atoms with E-state index in [1.54, 1.807) is 4.90 Å². The van der Waals surface area contributed by atoms with Crippen molar-refractivity contribution in [3.05, 3.63) is 71.3 Å². The Balaban J connectivity index is 1.24. The molecule has 1 atom stereocenters. The van der Waals surface area contributed by atoms with Gasteiger partial charge in [-0.15, -0.1) is 0 Å². The van der Waals surface area contributed by atoms with Gasteiger partial charge in [0.15, 0.2) is 0 Å². The number of hydrogen-bond donors (Lipinski definition) is 1. The van der Waals surface area contributed by atoms with Gasteiger partial charge in [0.1, 0.15) is 12.6 Å². The molecule has 34 heavy (non-hydrogen) atoms. The van der Waals surface area contributed by atoms with Crippen molar-refractivity contribution in [3.8, 4) is 0 Å². The highest BCUT2D eigenvalue weighted by Crippen LogP contribution is 2.26. The fourth-order valence-corrected chi connectivity index (χ4v) is 4.66. The van der Waals surface area contributed by atoms with Gasteiger partial charge in [0, 0.05) is 39.0 Å². The summed E-state index contributed by atoms with van der Waals surface area (Å²) in [5, 5.41) is 2.74. The molecule has 0 bridgehead atoms. The molecule has 2 aromatic rings. The van der Waals surface area contributed by atoms with Crippen LogP contribution in [0.25, 0.3) is 0 Å². The summed E-state index contributed by atoms with van der Waals surface area (Å²) in [5.41, 5.74) is 3.20. The third-order valence-corrected chi connectivity index (χ3v) is 6.57. The Labute approximate surface area is 201 Å². The number of fused-ring (bicyclic) bond motifs is 1. The molecule has 1 N–H and O–H groups in total. The van der Waals surface area contributed by atoms with Gasteiger partial charge in [0.2, 0.25) is 11.8 Å². The number of carbonyl (C=O) groups is 3. The number of amides is 3. The molecule has 3 amide bonds. The maximum Gasteiger partial charge on any atom is 0.407 e. The largest absolute Gasteiger partial charge is 0.445 e. The maximum atomic E-state index is 13.2. The maximum absolute atomic E-state index is 13.2. The van der Waals surface area contributed by atoms with Crippen molar-refractivity contribution < 1.29 is 19.1 Å². The topological polar surface area (TPSA) is 79.0 Å². The first-order valence-electron chi connectivity index (χ1n) is 12.2. The van der Waals surface area contributed by atoms with Crippen LogP contribution in [0.3, 0.4) is 0 Å². The molecule has 1 fully saturated rings. The van der Waals surface area contributed by atoms with E-state index in [1.165, 1.54) is 0 Å². The van der Waals surface area contributed by atoms with E-state index >= 15 is 0 Å². The molecule has 0 radical (unpaired) electrons. The van der Waals surface area contributed by atoms with Crippen LogP contribution >= 0.6 is 0 Å². The normalized spacial score (nSPS) is 17.2. The number of hydrogen-bond acceptors (Lipinski definition) is 4. The fourth-order valence-electron chi connectivity index (χ4n) is 4.66. The van der Waals surface area contributed by atoms with Crippen LogP contribution < -0.4 is 5.32 Å². The predicted molar refractivity (Wildman–Crippen MR) is 129 cm³/mol. The minimum absolute atomic E-state index is 0.00120. The molecular formula is C27H33N3O4. The summed E-state index contributed by atoms with van der Waals surface area (Å²) >= 11 is 0. The van der Waals surface area contributed by atoms with Crippen LogP contribution in [0.15, 0.2) is 54.6 Å². The van der Waals surface area contributed by atoms with E-state index in [2.05, 4.69) is 11.4 Å². The van der Waals surface area contributed by atoms with Crippen LogP contribution in [0.1, 0.15) is 48.8 Å². The lowest BCUT2D eigenvalue weighted by Crippen LogP contribution is -2.53. The molecule has 2 aliphatic heterocycles. The van der Waals surface area contributed by atoms with Gasteiger partial charge in [-0.05, 0) is 42.4 Å². The highest BCUT2D eigenvalue weighted by atomic mass is 16.5. The molecule has 0 spiro atoms. The number of carbonyl (C=O) groups excluding carboxylic acids is 3. The Morgan fingerprint density at radius 1 is 0.912 bits per heavy atom. The monoisotopic (exact) mass is 463 g/mol. The molecule has 0 unspecified atom stereocenters. The summed E-state index contributed by atoms with van der Waals surface area (Å²) in [6, 6.07) is 17.2. The number of benzene rings is 2. The van der Waals surface area contributed by atoms with Crippen LogP contribution in [0, 0.1) is 0 Å². The van der Waals surface area contributed by atoms with Crippen LogP contribution in [-0.2, 0) is 33.9 Å². The van der Waals surface area contributed by atoms with Crippen molar-refractivity contribution in [2.24, 2.45) is 0 Å². The van der Waals surface area contributed by atoms with E-state index in [9.17, 15) is 14.4 Å². The zero-order valence-corrected chi connectivity index (χ0v) is 19.6. The van der Waals surface area contributed by atoms with Crippen molar-refractivity contribution in [1.82, 2.24) is 15.1 Å². The number of unbranched alkanes of at least 4 members (excludes halogenated alkanes) is 1. The van der Waals surface area contributed by atoms with Crippen LogP contribution in [0.4, 0.5) is 4.79 Å². The minimum Gasteiger partial charge on any atom is -0.445 e. The molecule has 0 aliphatic carbocycles. The van der Waals surface area contributed by atoms with Gasteiger partial charge in [-0.2, -0.15) is 0 Å². The standard InChI is InChI=1S/C27H33N3O4/c31-25(14-6-7-15-28-27(33)34-20-21-10-2-1-3-11-21)30-19-23-13-5-4-12-22(23)18-24(30)26(32)29-16-8-9-17-29/h1-5,10-13,24H,6-9,14-20H2,(H,28,33)/t24-/m0/s1. The third-order valence-electron chi connectivity index (χ3n) is 6.57. The Kier molecular flexibility index (Phi) is 8.17. The van der Waals surface area contributed by atoms with Gasteiger partial charge in [-0.3, -0.25) is 9.59 Å². The van der Waals surface area contributed by atoms with Crippen molar-refractivity contribution in [2.75, 3.05) is 19.6 Å². The second-order valence-corrected chi connectivity index (χ2v) is 8.99. The molecule has 4 rings (SSSR count). The summed E-state index contributed by atoms with van der Waals surface area (Å²) in [5.74, 6) is 0.0712. The van der Waals surface area contributed by atoms with Crippen molar-refractivity contribution >= 4 is 17.9 Å². The molecule has 2 aromatic carbocycles. The quantitative estimate of drug-likeness (QED) is 0.606. The molecule has 7 heteroatoms. The zero-order valence-electron chi connectivity index (χ0n) is 19.6. The van der Waals surface area contributed by atoms with Crippen LogP contribution in [-0.4, -0.2) is 53.4 Å². The molecule has 0 aromatic heterocycles. The van der Waals surface area contributed by atoms with Gasteiger partial charge in [0.05, 0.1) is 0 Å². The Morgan fingerprint density at radius 2 is 1.62 bits per heavy atom. The SMILES string of the molecule is O=C(NCCCCC(=O)N1Cc2ccccc2C[C@H]1C(=O)N1CCCC1)OCc1ccccc1. The molecule has 2 aliphatic rings. The third kappa shape index (κ3) is 6.16. The Morgan fingerprint density at radius 3 is 2.38 bits per heavy atom. The second-order valence-electron chi connectivity index (χ2n) is 8.99. The van der Waals surface area contributed by atoms with Gasteiger partial charge < -0.3 is 19.9 Å². The average Bonchev–Trinajstić information content (AvgIpc) is 3.41. The summed E-state index contributed by atoms with van der Waals surface area (Å²) < 4.78 is 5.21. The predicted octanol–water partition coefficient (Wildman–Crippen LogP) is 3.66. The number of nitrogens with one attached hydrogen (secondary N) is 1. The van der Waals surface area contributed by atoms with Gasteiger partial charge >= 0.3 is 6.09 Å². The summed E-state index contributed by atoms with van der Waals surface area (Å²) in [6.45, 7) is 2.72. The number of rotatable bonds is 8. The number of alkyl carbamates (subject to hydrolysis) is 1. The summed E-state index contributed by atoms with van der Waals surface area (Å²) in [6.07, 6.45) is 3.84. The number of nitrogens with zero attached hydrogens (tertiary/aromatic N) is 2. The van der Waals surface area contributed by atoms with Gasteiger partial charge in [-0.1, -0.05) is 54.6 Å². The molecule has 0 saturated carbocycles. The van der Waals surface area contributed by atoms with Crippen LogP contribution in [0.5, 0.6) is 0 Å². The first kappa shape index (κ1) is 23.8. The van der Waals surface area contributed by atoms with Crippen molar-refractivity contribution in [2.45, 2.75) is 57.7 Å². The van der Waals surface area contributed by atoms with E-state index < -0.39 is 12.1 Å². The van der Waals surface area contributed by atoms with E-state index in [4.69, 9.17) is 4.74 Å². The van der Waals surface area contributed by atoms with Gasteiger partial charge in [-0.25, -0.2) is 4.79 Å². The molecule has 7 nitrogen and oxygen atoms in total. The first-order valence-corrected chi connectivity index (χ1v) is 12.2. The lowest BCUT2D eigenvalue weighted by atomic mass is 9.92. The van der Waals surface area contributed by atoms with E-state index in [0.717, 1.165) is 42.6 Å². The Bertz CT molecular complexity index is 988. The van der Waals surface area contributed by atoms with Crippen molar-refractivity contribution in [3.63, 3.8) is 0 Å². The first-order chi connectivity index (χ1) is 16.6. The average molecular weight is 464 g/mol. The smallest absolute Gasteiger partial charge is 0.407 e. The van der Waals surface area contributed by atoms with E-state index in [-0.39, 0.29) is 18.4 Å². The minimum atomic E-state index is -0.459. The Hall–Kier alpha value is -3.35. The highest BCUT2D eigenvalue weighted by molar-refractivity contribution is 5.88. The zero-order chi connectivity index (χ0) is 23.8. The molecular weight excluding hydrogens is 430 g/mol. The number of ether oxygens (including phenoxy) is 1.